The van der Waals surface area contributed by atoms with Gasteiger partial charge in [-0.15, -0.1) is 0 Å². The van der Waals surface area contributed by atoms with Gasteiger partial charge in [0.25, 0.3) is 0 Å². The first-order chi connectivity index (χ1) is 8.24. The van der Waals surface area contributed by atoms with Gasteiger partial charge >= 0.3 is 0 Å². The fraction of sp³-hybridized carbons (Fsp3) is 0.357. The van der Waals surface area contributed by atoms with E-state index in [0.717, 1.165) is 17.1 Å². The Kier molecular flexibility index (Phi) is 5.27. The van der Waals surface area contributed by atoms with Crippen molar-refractivity contribution in [1.82, 2.24) is 5.32 Å². The van der Waals surface area contributed by atoms with Crippen LogP contribution >= 0.6 is 0 Å². The van der Waals surface area contributed by atoms with E-state index >= 15 is 0 Å². The molecule has 1 aromatic rings. The standard InChI is InChI=1S/C12H15N3.C2H6/c1-9-8-10(2)14-12(13-9)15-11-6-4-3-5-7-11;1-2/h3-8,12-13,15H,1-2H3;1-2H3. The molecule has 0 radical (unpaired) electrons. The predicted molar refractivity (Wildman–Crippen MR) is 75.2 cm³/mol. The molecular weight excluding hydrogens is 210 g/mol. The van der Waals surface area contributed by atoms with Gasteiger partial charge in [0.1, 0.15) is 0 Å². The van der Waals surface area contributed by atoms with Crippen LogP contribution in [0.15, 0.2) is 47.1 Å². The summed E-state index contributed by atoms with van der Waals surface area (Å²) in [6, 6.07) is 10.1. The normalized spacial score (nSPS) is 18.0. The maximum Gasteiger partial charge on any atom is 0.194 e. The summed E-state index contributed by atoms with van der Waals surface area (Å²) in [5, 5.41) is 6.56. The highest BCUT2D eigenvalue weighted by atomic mass is 15.3. The lowest BCUT2D eigenvalue weighted by atomic mass is 10.3. The molecular formula is C14H21N3. The lowest BCUT2D eigenvalue weighted by Gasteiger charge is -2.22. The smallest absolute Gasteiger partial charge is 0.194 e. The summed E-state index contributed by atoms with van der Waals surface area (Å²) in [6.45, 7) is 8.04. The molecule has 2 rings (SSSR count). The highest BCUT2D eigenvalue weighted by Crippen LogP contribution is 2.09. The first-order valence-electron chi connectivity index (χ1n) is 6.05. The van der Waals surface area contributed by atoms with Gasteiger partial charge < -0.3 is 10.6 Å². The van der Waals surface area contributed by atoms with E-state index in [1.165, 1.54) is 0 Å². The molecule has 1 aromatic carbocycles. The monoisotopic (exact) mass is 231 g/mol. The van der Waals surface area contributed by atoms with Crippen molar-refractivity contribution in [3.63, 3.8) is 0 Å². The lowest BCUT2D eigenvalue weighted by molar-refractivity contribution is 0.648. The summed E-state index contributed by atoms with van der Waals surface area (Å²) >= 11 is 0. The van der Waals surface area contributed by atoms with E-state index in [2.05, 4.69) is 15.6 Å². The largest absolute Gasteiger partial charge is 0.351 e. The number of aliphatic imine (C=N–C) groups is 1. The Labute approximate surface area is 104 Å². The van der Waals surface area contributed by atoms with Crippen LogP contribution in [0.3, 0.4) is 0 Å². The molecule has 2 N–H and O–H groups in total. The number of hydrogen-bond acceptors (Lipinski definition) is 3. The van der Waals surface area contributed by atoms with E-state index < -0.39 is 0 Å². The molecule has 0 fully saturated rings. The number of nitrogens with zero attached hydrogens (tertiary/aromatic N) is 1. The Bertz CT molecular complexity index is 393. The molecule has 1 unspecified atom stereocenters. The zero-order valence-electron chi connectivity index (χ0n) is 11.0. The molecule has 0 bridgehead atoms. The molecule has 0 saturated heterocycles. The van der Waals surface area contributed by atoms with Crippen LogP contribution in [0.4, 0.5) is 5.69 Å². The third kappa shape index (κ3) is 4.31. The third-order valence-electron chi connectivity index (χ3n) is 2.20. The van der Waals surface area contributed by atoms with E-state index in [0.29, 0.717) is 0 Å². The topological polar surface area (TPSA) is 36.4 Å². The second-order valence-corrected chi connectivity index (χ2v) is 3.66. The van der Waals surface area contributed by atoms with Gasteiger partial charge in [-0.25, -0.2) is 4.99 Å². The molecule has 0 aliphatic carbocycles. The summed E-state index contributed by atoms with van der Waals surface area (Å²) < 4.78 is 0. The maximum absolute atomic E-state index is 4.45. The van der Waals surface area contributed by atoms with Crippen molar-refractivity contribution in [1.29, 1.82) is 0 Å². The van der Waals surface area contributed by atoms with Crippen LogP contribution in [0.25, 0.3) is 0 Å². The van der Waals surface area contributed by atoms with Crippen molar-refractivity contribution in [2.24, 2.45) is 4.99 Å². The van der Waals surface area contributed by atoms with E-state index in [1.807, 2.05) is 64.1 Å². The van der Waals surface area contributed by atoms with Crippen molar-refractivity contribution in [2.75, 3.05) is 5.32 Å². The highest BCUT2D eigenvalue weighted by molar-refractivity contribution is 5.94. The maximum atomic E-state index is 4.45. The number of para-hydroxylation sites is 1. The number of allylic oxidation sites excluding steroid dienone is 2. The van der Waals surface area contributed by atoms with Crippen LogP contribution in [0.1, 0.15) is 27.7 Å². The molecule has 3 nitrogen and oxygen atoms in total. The fourth-order valence-electron chi connectivity index (χ4n) is 1.60. The minimum absolute atomic E-state index is 0.0580. The van der Waals surface area contributed by atoms with Gasteiger partial charge in [0, 0.05) is 17.1 Å². The zero-order chi connectivity index (χ0) is 12.7. The Hall–Kier alpha value is -1.77. The third-order valence-corrected chi connectivity index (χ3v) is 2.20. The van der Waals surface area contributed by atoms with E-state index in [9.17, 15) is 0 Å². The molecule has 0 spiro atoms. The van der Waals surface area contributed by atoms with E-state index in [-0.39, 0.29) is 6.29 Å². The second-order valence-electron chi connectivity index (χ2n) is 3.66. The van der Waals surface area contributed by atoms with E-state index in [4.69, 9.17) is 0 Å². The Morgan fingerprint density at radius 3 is 2.35 bits per heavy atom. The molecule has 3 heteroatoms. The highest BCUT2D eigenvalue weighted by Gasteiger charge is 2.09. The first kappa shape index (κ1) is 13.3. The van der Waals surface area contributed by atoms with Crippen LogP contribution in [0, 0.1) is 0 Å². The van der Waals surface area contributed by atoms with Crippen LogP contribution in [0.2, 0.25) is 0 Å². The van der Waals surface area contributed by atoms with E-state index in [1.54, 1.807) is 0 Å². The SMILES string of the molecule is CC.CC1=CC(C)=NC(Nc2ccccc2)N1. The predicted octanol–water partition coefficient (Wildman–Crippen LogP) is 3.38. The molecule has 1 atom stereocenters. The van der Waals surface area contributed by atoms with Crippen molar-refractivity contribution < 1.29 is 0 Å². The number of benzene rings is 1. The van der Waals surface area contributed by atoms with Crippen molar-refractivity contribution >= 4 is 11.4 Å². The molecule has 1 aliphatic heterocycles. The quantitative estimate of drug-likeness (QED) is 0.818. The van der Waals surface area contributed by atoms with Crippen LogP contribution < -0.4 is 10.6 Å². The van der Waals surface area contributed by atoms with Crippen LogP contribution in [-0.4, -0.2) is 12.0 Å². The summed E-state index contributed by atoms with van der Waals surface area (Å²) in [5.41, 5.74) is 3.25. The lowest BCUT2D eigenvalue weighted by Crippen LogP contribution is -2.36. The van der Waals surface area contributed by atoms with Gasteiger partial charge in [-0.3, -0.25) is 0 Å². The summed E-state index contributed by atoms with van der Waals surface area (Å²) in [6.07, 6.45) is 1.97. The molecule has 0 aromatic heterocycles. The summed E-state index contributed by atoms with van der Waals surface area (Å²) in [5.74, 6) is 0. The molecule has 92 valence electrons. The zero-order valence-corrected chi connectivity index (χ0v) is 11.0. The number of nitrogens with one attached hydrogen (secondary N) is 2. The number of hydrogen-bond donors (Lipinski definition) is 2. The van der Waals surface area contributed by atoms with Gasteiger partial charge in [0.15, 0.2) is 6.29 Å². The van der Waals surface area contributed by atoms with Crippen LogP contribution in [-0.2, 0) is 0 Å². The Morgan fingerprint density at radius 1 is 1.12 bits per heavy atom. The number of anilines is 1. The Balaban J connectivity index is 0.000000686. The minimum Gasteiger partial charge on any atom is -0.351 e. The molecule has 1 heterocycles. The minimum atomic E-state index is -0.0580. The number of rotatable bonds is 2. The van der Waals surface area contributed by atoms with Crippen LogP contribution in [0.5, 0.6) is 0 Å². The van der Waals surface area contributed by atoms with Gasteiger partial charge in [-0.05, 0) is 32.1 Å². The van der Waals surface area contributed by atoms with Gasteiger partial charge in [-0.1, -0.05) is 32.0 Å². The molecule has 0 amide bonds. The first-order valence-corrected chi connectivity index (χ1v) is 6.05. The molecule has 17 heavy (non-hydrogen) atoms. The van der Waals surface area contributed by atoms with Gasteiger partial charge in [-0.2, -0.15) is 0 Å². The Morgan fingerprint density at radius 2 is 1.76 bits per heavy atom. The summed E-state index contributed by atoms with van der Waals surface area (Å²) in [7, 11) is 0. The van der Waals surface area contributed by atoms with Gasteiger partial charge in [0.05, 0.1) is 0 Å². The second kappa shape index (κ2) is 6.74. The molecule has 1 aliphatic rings. The average molecular weight is 231 g/mol. The van der Waals surface area contributed by atoms with Crippen molar-refractivity contribution in [2.45, 2.75) is 34.0 Å². The average Bonchev–Trinajstić information content (AvgIpc) is 2.31. The summed E-state index contributed by atoms with van der Waals surface area (Å²) in [4.78, 5) is 4.45. The molecule has 0 saturated carbocycles. The van der Waals surface area contributed by atoms with Crippen molar-refractivity contribution in [3.8, 4) is 0 Å². The van der Waals surface area contributed by atoms with Gasteiger partial charge in [0.2, 0.25) is 0 Å². The van der Waals surface area contributed by atoms with Crippen molar-refractivity contribution in [3.05, 3.63) is 42.1 Å². The fourth-order valence-corrected chi connectivity index (χ4v) is 1.60.